The number of carbonyl (C=O) groups is 1. The fraction of sp³-hybridized carbons (Fsp3) is 0.692. The third-order valence-electron chi connectivity index (χ3n) is 3.75. The fourth-order valence-corrected chi connectivity index (χ4v) is 4.16. The van der Waals surface area contributed by atoms with Crippen LogP contribution in [0, 0.1) is 19.8 Å². The van der Waals surface area contributed by atoms with E-state index in [0.29, 0.717) is 24.4 Å². The maximum absolute atomic E-state index is 12.3. The lowest BCUT2D eigenvalue weighted by Gasteiger charge is -2.21. The molecular weight excluding hydrogens is 292 g/mol. The number of rotatable bonds is 5. The van der Waals surface area contributed by atoms with Gasteiger partial charge in [-0.1, -0.05) is 0 Å². The minimum Gasteiger partial charge on any atom is -0.340 e. The first-order valence-corrected chi connectivity index (χ1v) is 8.51. The third-order valence-corrected chi connectivity index (χ3v) is 5.44. The Bertz CT molecular complexity index is 616. The molecule has 1 amide bonds. The van der Waals surface area contributed by atoms with Crippen LogP contribution in [0.3, 0.4) is 0 Å². The van der Waals surface area contributed by atoms with Gasteiger partial charge < -0.3 is 4.90 Å². The highest BCUT2D eigenvalue weighted by atomic mass is 32.2. The first-order valence-electron chi connectivity index (χ1n) is 7.03. The molecule has 2 heterocycles. The predicted molar refractivity (Wildman–Crippen MR) is 78.2 cm³/mol. The summed E-state index contributed by atoms with van der Waals surface area (Å²) < 4.78 is 27.2. The Hall–Kier alpha value is -1.41. The van der Waals surface area contributed by atoms with Gasteiger partial charge in [-0.05, 0) is 33.6 Å². The second-order valence-corrected chi connectivity index (χ2v) is 7.53. The van der Waals surface area contributed by atoms with Crippen molar-refractivity contribution >= 4 is 15.9 Å². The molecule has 1 aliphatic rings. The van der Waals surface area contributed by atoms with Crippen LogP contribution >= 0.6 is 0 Å². The number of aromatic nitrogens is 2. The topological polar surface area (TPSA) is 95.2 Å². The van der Waals surface area contributed by atoms with Gasteiger partial charge in [0, 0.05) is 25.6 Å². The van der Waals surface area contributed by atoms with Crippen LogP contribution in [0.15, 0.2) is 4.90 Å². The van der Waals surface area contributed by atoms with Gasteiger partial charge in [0.2, 0.25) is 15.9 Å². The molecule has 0 radical (unpaired) electrons. The first kappa shape index (κ1) is 16.0. The molecule has 1 aromatic heterocycles. The van der Waals surface area contributed by atoms with E-state index < -0.39 is 10.0 Å². The monoisotopic (exact) mass is 314 g/mol. The molecule has 0 aliphatic carbocycles. The van der Waals surface area contributed by atoms with E-state index in [4.69, 9.17) is 0 Å². The van der Waals surface area contributed by atoms with E-state index in [1.807, 2.05) is 13.8 Å². The average Bonchev–Trinajstić information content (AvgIpc) is 2.91. The van der Waals surface area contributed by atoms with E-state index in [1.165, 1.54) is 0 Å². The zero-order valence-corrected chi connectivity index (χ0v) is 13.6. The van der Waals surface area contributed by atoms with Crippen LogP contribution < -0.4 is 4.72 Å². The maximum atomic E-state index is 12.3. The number of sulfonamides is 1. The molecule has 0 aromatic carbocycles. The van der Waals surface area contributed by atoms with Gasteiger partial charge in [0.05, 0.1) is 11.4 Å². The summed E-state index contributed by atoms with van der Waals surface area (Å²) in [6, 6.07) is 0.150. The number of hydrogen-bond donors (Lipinski definition) is 2. The van der Waals surface area contributed by atoms with Gasteiger partial charge in [0.25, 0.3) is 0 Å². The van der Waals surface area contributed by atoms with Crippen LogP contribution in [0.4, 0.5) is 0 Å². The minimum atomic E-state index is -3.59. The molecule has 0 saturated carbocycles. The van der Waals surface area contributed by atoms with Crippen molar-refractivity contribution in [1.82, 2.24) is 19.8 Å². The zero-order chi connectivity index (χ0) is 15.8. The van der Waals surface area contributed by atoms with Crippen LogP contribution in [0.5, 0.6) is 0 Å². The van der Waals surface area contributed by atoms with Crippen LogP contribution in [0.25, 0.3) is 0 Å². The largest absolute Gasteiger partial charge is 0.340 e. The first-order chi connectivity index (χ1) is 9.72. The molecule has 1 aromatic rings. The van der Waals surface area contributed by atoms with Crippen molar-refractivity contribution in [3.63, 3.8) is 0 Å². The second-order valence-electron chi connectivity index (χ2n) is 5.83. The molecule has 0 bridgehead atoms. The second kappa shape index (κ2) is 5.76. The summed E-state index contributed by atoms with van der Waals surface area (Å²) in [6.45, 7) is 8.11. The van der Waals surface area contributed by atoms with E-state index in [2.05, 4.69) is 14.9 Å². The summed E-state index contributed by atoms with van der Waals surface area (Å²) >= 11 is 0. The number of aromatic amines is 1. The van der Waals surface area contributed by atoms with Crippen LogP contribution in [-0.2, 0) is 14.8 Å². The molecule has 1 aliphatic heterocycles. The standard InChI is InChI=1S/C13H22N4O3S/c1-8(2)17-7-11(5-12(17)18)6-14-21(19,20)13-9(3)15-16-10(13)4/h8,11,14H,5-7H2,1-4H3,(H,15,16). The van der Waals surface area contributed by atoms with Gasteiger partial charge in [0.15, 0.2) is 0 Å². The lowest BCUT2D eigenvalue weighted by molar-refractivity contribution is -0.129. The molecular formula is C13H22N4O3S. The van der Waals surface area contributed by atoms with Gasteiger partial charge >= 0.3 is 0 Å². The molecule has 1 fully saturated rings. The number of amides is 1. The van der Waals surface area contributed by atoms with Crippen molar-refractivity contribution in [2.45, 2.75) is 45.1 Å². The molecule has 1 saturated heterocycles. The Morgan fingerprint density at radius 3 is 2.57 bits per heavy atom. The number of likely N-dealkylation sites (tertiary alicyclic amines) is 1. The Labute approximate surface area is 125 Å². The number of aryl methyl sites for hydroxylation is 2. The molecule has 1 unspecified atom stereocenters. The number of hydrogen-bond acceptors (Lipinski definition) is 4. The van der Waals surface area contributed by atoms with Crippen molar-refractivity contribution in [3.8, 4) is 0 Å². The van der Waals surface area contributed by atoms with Crippen molar-refractivity contribution in [1.29, 1.82) is 0 Å². The molecule has 2 rings (SSSR count). The van der Waals surface area contributed by atoms with Gasteiger partial charge in [-0.3, -0.25) is 9.89 Å². The highest BCUT2D eigenvalue weighted by Gasteiger charge is 2.32. The van der Waals surface area contributed by atoms with E-state index in [-0.39, 0.29) is 29.3 Å². The van der Waals surface area contributed by atoms with Crippen molar-refractivity contribution in [3.05, 3.63) is 11.4 Å². The Morgan fingerprint density at radius 1 is 1.43 bits per heavy atom. The Balaban J connectivity index is 2.02. The van der Waals surface area contributed by atoms with E-state index >= 15 is 0 Å². The zero-order valence-electron chi connectivity index (χ0n) is 12.8. The van der Waals surface area contributed by atoms with Gasteiger partial charge in [-0.25, -0.2) is 13.1 Å². The molecule has 2 N–H and O–H groups in total. The van der Waals surface area contributed by atoms with Gasteiger partial charge in [-0.2, -0.15) is 5.10 Å². The molecule has 21 heavy (non-hydrogen) atoms. The summed E-state index contributed by atoms with van der Waals surface area (Å²) in [7, 11) is -3.59. The molecule has 7 nitrogen and oxygen atoms in total. The molecule has 118 valence electrons. The van der Waals surface area contributed by atoms with Gasteiger partial charge in [-0.15, -0.1) is 0 Å². The number of carbonyl (C=O) groups excluding carboxylic acids is 1. The van der Waals surface area contributed by atoms with Crippen LogP contribution in [-0.4, -0.2) is 48.6 Å². The lowest BCUT2D eigenvalue weighted by Crippen LogP contribution is -2.34. The fourth-order valence-electron chi connectivity index (χ4n) is 2.68. The summed E-state index contributed by atoms with van der Waals surface area (Å²) in [5.41, 5.74) is 0.970. The summed E-state index contributed by atoms with van der Waals surface area (Å²) in [4.78, 5) is 13.8. The Morgan fingerprint density at radius 2 is 2.10 bits per heavy atom. The SMILES string of the molecule is Cc1n[nH]c(C)c1S(=O)(=O)NCC1CC(=O)N(C(C)C)C1. The summed E-state index contributed by atoms with van der Waals surface area (Å²) in [5, 5.41) is 6.57. The van der Waals surface area contributed by atoms with E-state index in [9.17, 15) is 13.2 Å². The minimum absolute atomic E-state index is 0.0159. The number of nitrogens with zero attached hydrogens (tertiary/aromatic N) is 2. The Kier molecular flexibility index (Phi) is 4.38. The smallest absolute Gasteiger partial charge is 0.244 e. The molecule has 1 atom stereocenters. The van der Waals surface area contributed by atoms with Crippen molar-refractivity contribution in [2.75, 3.05) is 13.1 Å². The van der Waals surface area contributed by atoms with Crippen LogP contribution in [0.1, 0.15) is 31.7 Å². The normalized spacial score (nSPS) is 19.8. The number of nitrogens with one attached hydrogen (secondary N) is 2. The highest BCUT2D eigenvalue weighted by Crippen LogP contribution is 2.21. The average molecular weight is 314 g/mol. The van der Waals surface area contributed by atoms with Gasteiger partial charge in [0.1, 0.15) is 4.90 Å². The predicted octanol–water partition coefficient (Wildman–Crippen LogP) is 0.562. The maximum Gasteiger partial charge on any atom is 0.244 e. The summed E-state index contributed by atoms with van der Waals surface area (Å²) in [5.74, 6) is 0.104. The van der Waals surface area contributed by atoms with Crippen molar-refractivity contribution < 1.29 is 13.2 Å². The number of H-pyrrole nitrogens is 1. The highest BCUT2D eigenvalue weighted by molar-refractivity contribution is 7.89. The quantitative estimate of drug-likeness (QED) is 0.830. The third kappa shape index (κ3) is 3.26. The molecule has 8 heteroatoms. The van der Waals surface area contributed by atoms with Crippen molar-refractivity contribution in [2.24, 2.45) is 5.92 Å². The van der Waals surface area contributed by atoms with E-state index in [1.54, 1.807) is 18.7 Å². The lowest BCUT2D eigenvalue weighted by atomic mass is 10.1. The van der Waals surface area contributed by atoms with E-state index in [0.717, 1.165) is 0 Å². The summed E-state index contributed by atoms with van der Waals surface area (Å²) in [6.07, 6.45) is 0.393. The molecule has 0 spiro atoms. The van der Waals surface area contributed by atoms with Crippen LogP contribution in [0.2, 0.25) is 0 Å².